The number of carbonyl (C=O) groups excluding carboxylic acids is 2. The van der Waals surface area contributed by atoms with Gasteiger partial charge in [-0.05, 0) is 71.5 Å². The molecule has 0 aliphatic heterocycles. The molecular weight excluding hydrogens is 659 g/mol. The Hall–Kier alpha value is -5.06. The molecule has 4 rings (SSSR count). The molecule has 250 valence electrons. The zero-order valence-electron chi connectivity index (χ0n) is 27.3. The van der Waals surface area contributed by atoms with Crippen LogP contribution in [0.3, 0.4) is 0 Å². The van der Waals surface area contributed by atoms with Crippen molar-refractivity contribution >= 4 is 47.3 Å². The first-order valence-electron chi connectivity index (χ1n) is 14.5. The monoisotopic (exact) mass is 692 g/mol. The number of esters is 2. The highest BCUT2D eigenvalue weighted by Crippen LogP contribution is 2.34. The molecule has 48 heavy (non-hydrogen) atoms. The normalized spacial score (nSPS) is 11.1. The first-order valence-corrected chi connectivity index (χ1v) is 15.3. The summed E-state index contributed by atoms with van der Waals surface area (Å²) in [5.74, 6) is -0.152. The van der Waals surface area contributed by atoms with Crippen LogP contribution in [-0.2, 0) is 32.3 Å². The molecule has 10 nitrogen and oxygen atoms in total. The lowest BCUT2D eigenvalue weighted by Crippen LogP contribution is -2.04. The first kappa shape index (κ1) is 35.8. The van der Waals surface area contributed by atoms with E-state index in [1.165, 1.54) is 52.7 Å². The third kappa shape index (κ3) is 8.64. The Bertz CT molecular complexity index is 1740. The van der Waals surface area contributed by atoms with E-state index in [9.17, 15) is 9.59 Å². The highest BCUT2D eigenvalue weighted by atomic mass is 35.5. The number of rotatable bonds is 13. The molecule has 2 aromatic heterocycles. The van der Waals surface area contributed by atoms with Gasteiger partial charge in [-0.15, -0.1) is 0 Å². The number of hydrogen-bond acceptors (Lipinski definition) is 10. The minimum atomic E-state index is -0.517. The number of halogens is 2. The third-order valence-corrected chi connectivity index (χ3v) is 7.91. The van der Waals surface area contributed by atoms with Crippen molar-refractivity contribution in [2.75, 3.05) is 28.4 Å². The Balaban J connectivity index is 1.53. The topological polar surface area (TPSA) is 115 Å². The summed E-state index contributed by atoms with van der Waals surface area (Å²) in [5, 5.41) is 0.523. The number of nitrogens with zero attached hydrogens (tertiary/aromatic N) is 2. The van der Waals surface area contributed by atoms with Crippen LogP contribution in [0, 0.1) is 13.8 Å². The van der Waals surface area contributed by atoms with Gasteiger partial charge in [0.2, 0.25) is 23.5 Å². The van der Waals surface area contributed by atoms with E-state index in [4.69, 9.17) is 42.1 Å². The average Bonchev–Trinajstić information content (AvgIpc) is 3.09. The minimum Gasteiger partial charge on any atom is -0.480 e. The van der Waals surface area contributed by atoms with Gasteiger partial charge >= 0.3 is 11.9 Å². The highest BCUT2D eigenvalue weighted by Gasteiger charge is 2.16. The maximum Gasteiger partial charge on any atom is 0.330 e. The second-order valence-corrected chi connectivity index (χ2v) is 11.0. The molecule has 0 N–H and O–H groups in total. The van der Waals surface area contributed by atoms with Gasteiger partial charge in [0.05, 0.1) is 28.4 Å². The third-order valence-electron chi connectivity index (χ3n) is 7.37. The standard InChI is InChI=1S/C36H34Cl2N2O8/c1-21-25(19-47-35-29(37)17-23(33(39-35)45-5)13-15-31(41)43-3)9-7-11-27(21)28-12-8-10-26(22(28)2)20-48-36-30(38)18-24(34(40-36)46-6)14-16-32(42)44-4/h7-18H,19-20H2,1-6H3/b15-13+,16-14+. The Morgan fingerprint density at radius 1 is 0.646 bits per heavy atom. The van der Waals surface area contributed by atoms with Crippen molar-refractivity contribution < 1.29 is 38.0 Å². The molecule has 0 bridgehead atoms. The van der Waals surface area contributed by atoms with E-state index >= 15 is 0 Å². The van der Waals surface area contributed by atoms with Crippen LogP contribution in [0.2, 0.25) is 10.0 Å². The Morgan fingerprint density at radius 3 is 1.40 bits per heavy atom. The van der Waals surface area contributed by atoms with E-state index in [1.807, 2.05) is 50.2 Å². The fourth-order valence-electron chi connectivity index (χ4n) is 4.72. The van der Waals surface area contributed by atoms with Crippen molar-refractivity contribution in [3.8, 4) is 34.6 Å². The van der Waals surface area contributed by atoms with Crippen LogP contribution >= 0.6 is 23.2 Å². The molecule has 0 amide bonds. The molecule has 2 aromatic carbocycles. The van der Waals surface area contributed by atoms with Gasteiger partial charge in [0.15, 0.2) is 0 Å². The molecule has 4 aromatic rings. The van der Waals surface area contributed by atoms with Gasteiger partial charge in [-0.1, -0.05) is 59.6 Å². The molecule has 0 saturated carbocycles. The lowest BCUT2D eigenvalue weighted by Gasteiger charge is -2.17. The van der Waals surface area contributed by atoms with Gasteiger partial charge < -0.3 is 28.4 Å². The Labute approximate surface area is 288 Å². The average molecular weight is 694 g/mol. The Morgan fingerprint density at radius 2 is 1.04 bits per heavy atom. The van der Waals surface area contributed by atoms with E-state index in [-0.39, 0.29) is 46.8 Å². The van der Waals surface area contributed by atoms with Gasteiger partial charge in [0.25, 0.3) is 0 Å². The molecule has 2 heterocycles. The predicted molar refractivity (Wildman–Crippen MR) is 184 cm³/mol. The van der Waals surface area contributed by atoms with Crippen molar-refractivity contribution in [1.82, 2.24) is 9.97 Å². The number of hydrogen-bond donors (Lipinski definition) is 0. The van der Waals surface area contributed by atoms with E-state index in [0.717, 1.165) is 33.4 Å². The van der Waals surface area contributed by atoms with Gasteiger partial charge in [-0.25, -0.2) is 9.59 Å². The summed E-state index contributed by atoms with van der Waals surface area (Å²) in [6, 6.07) is 15.2. The van der Waals surface area contributed by atoms with Gasteiger partial charge in [0.1, 0.15) is 23.3 Å². The van der Waals surface area contributed by atoms with Gasteiger partial charge in [0, 0.05) is 23.3 Å². The second kappa shape index (κ2) is 16.7. The molecule has 0 radical (unpaired) electrons. The molecule has 12 heteroatoms. The smallest absolute Gasteiger partial charge is 0.330 e. The summed E-state index contributed by atoms with van der Waals surface area (Å²) in [6.45, 7) is 4.45. The molecule has 0 aliphatic rings. The van der Waals surface area contributed by atoms with E-state index < -0.39 is 11.9 Å². The van der Waals surface area contributed by atoms with E-state index in [1.54, 1.807) is 12.1 Å². The van der Waals surface area contributed by atoms with Crippen LogP contribution in [0.4, 0.5) is 0 Å². The van der Waals surface area contributed by atoms with Crippen molar-refractivity contribution in [2.24, 2.45) is 0 Å². The molecule has 0 spiro atoms. The molecule has 0 aliphatic carbocycles. The summed E-state index contributed by atoms with van der Waals surface area (Å²) in [5.41, 5.74) is 6.95. The summed E-state index contributed by atoms with van der Waals surface area (Å²) in [7, 11) is 5.52. The summed E-state index contributed by atoms with van der Waals surface area (Å²) < 4.78 is 32.1. The summed E-state index contributed by atoms with van der Waals surface area (Å²) in [6.07, 6.45) is 5.52. The van der Waals surface area contributed by atoms with E-state index in [2.05, 4.69) is 19.4 Å². The van der Waals surface area contributed by atoms with Crippen LogP contribution in [0.15, 0.2) is 60.7 Å². The van der Waals surface area contributed by atoms with Crippen LogP contribution < -0.4 is 18.9 Å². The van der Waals surface area contributed by atoms with Gasteiger partial charge in [-0.3, -0.25) is 0 Å². The second-order valence-electron chi connectivity index (χ2n) is 10.2. The molecule has 0 fully saturated rings. The highest BCUT2D eigenvalue weighted by molar-refractivity contribution is 6.32. The zero-order valence-corrected chi connectivity index (χ0v) is 28.8. The lowest BCUT2D eigenvalue weighted by atomic mass is 9.92. The number of pyridine rings is 2. The molecular formula is C36H34Cl2N2O8. The number of benzene rings is 2. The number of carbonyl (C=O) groups is 2. The van der Waals surface area contributed by atoms with Crippen LogP contribution in [0.25, 0.3) is 23.3 Å². The largest absolute Gasteiger partial charge is 0.480 e. The maximum atomic E-state index is 11.5. The lowest BCUT2D eigenvalue weighted by molar-refractivity contribution is -0.135. The Kier molecular flexibility index (Phi) is 12.4. The van der Waals surface area contributed by atoms with Crippen molar-refractivity contribution in [1.29, 1.82) is 0 Å². The molecule has 0 atom stereocenters. The van der Waals surface area contributed by atoms with Crippen molar-refractivity contribution in [3.63, 3.8) is 0 Å². The number of methoxy groups -OCH3 is 4. The number of ether oxygens (including phenoxy) is 6. The summed E-state index contributed by atoms with van der Waals surface area (Å²) in [4.78, 5) is 31.8. The maximum absolute atomic E-state index is 11.5. The SMILES string of the molecule is COC(=O)/C=C/c1cc(Cl)c(OCc2cccc(-c3cccc(COc4nc(OC)c(/C=C/C(=O)OC)cc4Cl)c3C)c2C)nc1OC. The quantitative estimate of drug-likeness (QED) is 0.102. The molecule has 0 unspecified atom stereocenters. The first-order chi connectivity index (χ1) is 23.1. The minimum absolute atomic E-state index is 0.195. The van der Waals surface area contributed by atoms with Crippen molar-refractivity contribution in [2.45, 2.75) is 27.1 Å². The van der Waals surface area contributed by atoms with E-state index in [0.29, 0.717) is 11.1 Å². The number of aromatic nitrogens is 2. The zero-order chi connectivity index (χ0) is 34.8. The van der Waals surface area contributed by atoms with Crippen LogP contribution in [0.1, 0.15) is 33.4 Å². The van der Waals surface area contributed by atoms with Crippen molar-refractivity contribution in [3.05, 3.63) is 104 Å². The fraction of sp³-hybridized carbons (Fsp3) is 0.222. The van der Waals surface area contributed by atoms with Gasteiger partial charge in [-0.2, -0.15) is 9.97 Å². The fourth-order valence-corrected chi connectivity index (χ4v) is 5.14. The van der Waals surface area contributed by atoms with Crippen LogP contribution in [0.5, 0.6) is 23.5 Å². The molecule has 0 saturated heterocycles. The summed E-state index contributed by atoms with van der Waals surface area (Å²) >= 11 is 12.9. The predicted octanol–water partition coefficient (Wildman–Crippen LogP) is 7.61. The van der Waals surface area contributed by atoms with Crippen LogP contribution in [-0.4, -0.2) is 50.3 Å².